The molecule has 0 radical (unpaired) electrons. The van der Waals surface area contributed by atoms with Crippen LogP contribution in [0.15, 0.2) is 18.6 Å². The van der Waals surface area contributed by atoms with Crippen LogP contribution in [0.2, 0.25) is 0 Å². The van der Waals surface area contributed by atoms with Gasteiger partial charge in [-0.3, -0.25) is 0 Å². The minimum Gasteiger partial charge on any atom is -0.405 e. The fourth-order valence-electron chi connectivity index (χ4n) is 0.905. The van der Waals surface area contributed by atoms with Gasteiger partial charge in [-0.25, -0.2) is 0 Å². The molecule has 0 unspecified atom stereocenters. The van der Waals surface area contributed by atoms with Crippen molar-refractivity contribution in [2.45, 2.75) is 12.8 Å². The maximum atomic E-state index is 5.09. The van der Waals surface area contributed by atoms with Crippen LogP contribution in [0.1, 0.15) is 12.8 Å². The Morgan fingerprint density at radius 2 is 2.11 bits per heavy atom. The first kappa shape index (κ1) is 6.40. The Labute approximate surface area is 55.4 Å². The van der Waals surface area contributed by atoms with Crippen LogP contribution in [0, 0.1) is 0 Å². The number of hydroxylamine groups is 2. The predicted octanol–water partition coefficient (Wildman–Crippen LogP) is 1.31. The predicted molar refractivity (Wildman–Crippen MR) is 35.6 cm³/mol. The van der Waals surface area contributed by atoms with Crippen LogP contribution in [-0.4, -0.2) is 18.2 Å². The molecule has 0 spiro atoms. The first-order valence-electron chi connectivity index (χ1n) is 3.19. The first-order valence-corrected chi connectivity index (χ1v) is 3.19. The topological polar surface area (TPSA) is 12.5 Å². The van der Waals surface area contributed by atoms with E-state index in [9.17, 15) is 0 Å². The molecule has 0 N–H and O–H groups in total. The van der Waals surface area contributed by atoms with Gasteiger partial charge in [0.15, 0.2) is 6.26 Å². The van der Waals surface area contributed by atoms with Crippen LogP contribution in [-0.2, 0) is 4.84 Å². The lowest BCUT2D eigenvalue weighted by atomic mass is 10.4. The molecule has 0 atom stereocenters. The molecule has 1 aliphatic rings. The Morgan fingerprint density at radius 3 is 2.67 bits per heavy atom. The molecule has 1 fully saturated rings. The van der Waals surface area contributed by atoms with Gasteiger partial charge in [-0.1, -0.05) is 12.3 Å². The van der Waals surface area contributed by atoms with Crippen molar-refractivity contribution in [2.75, 3.05) is 13.1 Å². The third kappa shape index (κ3) is 1.92. The third-order valence-corrected chi connectivity index (χ3v) is 1.35. The van der Waals surface area contributed by atoms with Gasteiger partial charge in [0.25, 0.3) is 0 Å². The summed E-state index contributed by atoms with van der Waals surface area (Å²) in [4.78, 5) is 5.09. The fraction of sp³-hybridized carbons (Fsp3) is 0.571. The second kappa shape index (κ2) is 3.33. The zero-order valence-corrected chi connectivity index (χ0v) is 5.47. The Bertz CT molecular complexity index is 121. The molecule has 0 aromatic heterocycles. The van der Waals surface area contributed by atoms with Gasteiger partial charge in [0.1, 0.15) is 0 Å². The molecule has 0 aromatic rings. The minimum absolute atomic E-state index is 1.04. The summed E-state index contributed by atoms with van der Waals surface area (Å²) < 4.78 is 0. The van der Waals surface area contributed by atoms with Gasteiger partial charge >= 0.3 is 0 Å². The SMILES string of the molecule is C=C=CON1CCCC1. The van der Waals surface area contributed by atoms with Crippen molar-refractivity contribution in [3.63, 3.8) is 0 Å². The molecule has 1 aliphatic heterocycles. The van der Waals surface area contributed by atoms with E-state index < -0.39 is 0 Å². The van der Waals surface area contributed by atoms with E-state index in [0.717, 1.165) is 13.1 Å². The molecule has 1 saturated heterocycles. The van der Waals surface area contributed by atoms with Crippen molar-refractivity contribution < 1.29 is 4.84 Å². The number of hydrogen-bond acceptors (Lipinski definition) is 2. The van der Waals surface area contributed by atoms with Crippen molar-refractivity contribution in [3.05, 3.63) is 18.6 Å². The smallest absolute Gasteiger partial charge is 0.153 e. The summed E-state index contributed by atoms with van der Waals surface area (Å²) in [7, 11) is 0. The Kier molecular flexibility index (Phi) is 2.37. The van der Waals surface area contributed by atoms with E-state index in [1.165, 1.54) is 19.1 Å². The van der Waals surface area contributed by atoms with Gasteiger partial charge in [0, 0.05) is 13.1 Å². The third-order valence-electron chi connectivity index (χ3n) is 1.35. The lowest BCUT2D eigenvalue weighted by Gasteiger charge is -2.10. The number of nitrogens with zero attached hydrogens (tertiary/aromatic N) is 1. The van der Waals surface area contributed by atoms with Crippen molar-refractivity contribution >= 4 is 0 Å². The van der Waals surface area contributed by atoms with Gasteiger partial charge < -0.3 is 4.84 Å². The van der Waals surface area contributed by atoms with Crippen LogP contribution in [0.4, 0.5) is 0 Å². The van der Waals surface area contributed by atoms with Crippen LogP contribution >= 0.6 is 0 Å². The molecule has 0 aliphatic carbocycles. The zero-order chi connectivity index (χ0) is 6.53. The monoisotopic (exact) mass is 125 g/mol. The highest BCUT2D eigenvalue weighted by molar-refractivity contribution is 4.65. The summed E-state index contributed by atoms with van der Waals surface area (Å²) in [6.07, 6.45) is 3.97. The van der Waals surface area contributed by atoms with Gasteiger partial charge in [0.05, 0.1) is 0 Å². The standard InChI is InChI=1S/C7H11NO/c1-2-7-9-8-5-3-4-6-8/h7H,1,3-6H2. The van der Waals surface area contributed by atoms with Gasteiger partial charge in [-0.15, -0.1) is 5.06 Å². The zero-order valence-electron chi connectivity index (χ0n) is 5.47. The van der Waals surface area contributed by atoms with E-state index in [2.05, 4.69) is 12.3 Å². The Hall–Kier alpha value is -0.720. The second-order valence-corrected chi connectivity index (χ2v) is 2.06. The Balaban J connectivity index is 2.18. The van der Waals surface area contributed by atoms with Crippen LogP contribution in [0.3, 0.4) is 0 Å². The molecule has 0 amide bonds. The molecular weight excluding hydrogens is 114 g/mol. The normalized spacial score (nSPS) is 19.1. The molecule has 0 aromatic carbocycles. The van der Waals surface area contributed by atoms with Crippen molar-refractivity contribution in [1.82, 2.24) is 5.06 Å². The van der Waals surface area contributed by atoms with Crippen molar-refractivity contribution in [3.8, 4) is 0 Å². The van der Waals surface area contributed by atoms with Gasteiger partial charge in [-0.2, -0.15) is 0 Å². The summed E-state index contributed by atoms with van der Waals surface area (Å²) in [5.41, 5.74) is 2.56. The van der Waals surface area contributed by atoms with Crippen LogP contribution in [0.5, 0.6) is 0 Å². The quantitative estimate of drug-likeness (QED) is 0.407. The largest absolute Gasteiger partial charge is 0.405 e. The molecule has 2 heteroatoms. The average molecular weight is 125 g/mol. The fourth-order valence-corrected chi connectivity index (χ4v) is 0.905. The van der Waals surface area contributed by atoms with E-state index in [1.54, 1.807) is 0 Å². The van der Waals surface area contributed by atoms with E-state index >= 15 is 0 Å². The maximum Gasteiger partial charge on any atom is 0.153 e. The molecule has 50 valence electrons. The average Bonchev–Trinajstić information content (AvgIpc) is 2.34. The molecule has 9 heavy (non-hydrogen) atoms. The highest BCUT2D eigenvalue weighted by Crippen LogP contribution is 2.06. The van der Waals surface area contributed by atoms with E-state index in [0.29, 0.717) is 0 Å². The van der Waals surface area contributed by atoms with E-state index in [1.807, 2.05) is 5.06 Å². The number of rotatable bonds is 2. The summed E-state index contributed by atoms with van der Waals surface area (Å²) in [6, 6.07) is 0. The van der Waals surface area contributed by atoms with Gasteiger partial charge in [0.2, 0.25) is 0 Å². The highest BCUT2D eigenvalue weighted by Gasteiger charge is 2.10. The molecule has 1 heterocycles. The lowest BCUT2D eigenvalue weighted by molar-refractivity contribution is -0.0817. The first-order chi connectivity index (χ1) is 4.43. The Morgan fingerprint density at radius 1 is 1.44 bits per heavy atom. The van der Waals surface area contributed by atoms with E-state index in [4.69, 9.17) is 4.84 Å². The van der Waals surface area contributed by atoms with Crippen LogP contribution in [0.25, 0.3) is 0 Å². The molecular formula is C7H11NO. The summed E-state index contributed by atoms with van der Waals surface area (Å²) in [5.74, 6) is 0. The number of hydrogen-bond donors (Lipinski definition) is 0. The van der Waals surface area contributed by atoms with Crippen molar-refractivity contribution in [2.24, 2.45) is 0 Å². The van der Waals surface area contributed by atoms with E-state index in [-0.39, 0.29) is 0 Å². The van der Waals surface area contributed by atoms with Crippen LogP contribution < -0.4 is 0 Å². The second-order valence-electron chi connectivity index (χ2n) is 2.06. The molecule has 0 bridgehead atoms. The summed E-state index contributed by atoms with van der Waals surface area (Å²) in [6.45, 7) is 5.47. The highest BCUT2D eigenvalue weighted by atomic mass is 16.7. The summed E-state index contributed by atoms with van der Waals surface area (Å²) >= 11 is 0. The summed E-state index contributed by atoms with van der Waals surface area (Å²) in [5, 5.41) is 1.91. The molecule has 2 nitrogen and oxygen atoms in total. The molecule has 1 rings (SSSR count). The molecule has 0 saturated carbocycles. The van der Waals surface area contributed by atoms with Gasteiger partial charge in [-0.05, 0) is 12.8 Å². The maximum absolute atomic E-state index is 5.09. The minimum atomic E-state index is 1.04. The van der Waals surface area contributed by atoms with Crippen molar-refractivity contribution in [1.29, 1.82) is 0 Å². The lowest BCUT2D eigenvalue weighted by Crippen LogP contribution is -2.15.